The van der Waals surface area contributed by atoms with Crippen molar-refractivity contribution in [2.24, 2.45) is 0 Å². The number of hydrogen-bond donors (Lipinski definition) is 3. The van der Waals surface area contributed by atoms with Crippen molar-refractivity contribution in [1.29, 1.82) is 0 Å². The normalized spacial score (nSPS) is 19.7. The third-order valence-electron chi connectivity index (χ3n) is 4.95. The van der Waals surface area contributed by atoms with Crippen molar-refractivity contribution in [3.05, 3.63) is 65.7 Å². The van der Waals surface area contributed by atoms with Crippen LogP contribution in [-0.4, -0.2) is 44.4 Å². The number of piperazine rings is 1. The van der Waals surface area contributed by atoms with E-state index >= 15 is 0 Å². The molecule has 5 heteroatoms. The molecular formula is C21H27N3O2+2. The van der Waals surface area contributed by atoms with Gasteiger partial charge in [-0.1, -0.05) is 30.3 Å². The Morgan fingerprint density at radius 2 is 1.50 bits per heavy atom. The highest BCUT2D eigenvalue weighted by Gasteiger charge is 2.24. The lowest BCUT2D eigenvalue weighted by Crippen LogP contribution is -3.28. The number of Topliss-reactive ketones (excluding diaryl/α,β-unsaturated/α-hetero) is 1. The van der Waals surface area contributed by atoms with Gasteiger partial charge in [-0.25, -0.2) is 0 Å². The van der Waals surface area contributed by atoms with E-state index in [9.17, 15) is 9.59 Å². The Kier molecular flexibility index (Phi) is 6.15. The van der Waals surface area contributed by atoms with E-state index in [-0.39, 0.29) is 11.7 Å². The highest BCUT2D eigenvalue weighted by atomic mass is 16.2. The van der Waals surface area contributed by atoms with Gasteiger partial charge in [0.25, 0.3) is 5.91 Å². The number of rotatable bonds is 6. The molecule has 5 nitrogen and oxygen atoms in total. The fourth-order valence-corrected chi connectivity index (χ4v) is 3.42. The smallest absolute Gasteiger partial charge is 0.279 e. The Labute approximate surface area is 154 Å². The molecule has 0 saturated carbocycles. The zero-order chi connectivity index (χ0) is 18.4. The van der Waals surface area contributed by atoms with Crippen molar-refractivity contribution in [3.8, 4) is 0 Å². The summed E-state index contributed by atoms with van der Waals surface area (Å²) in [4.78, 5) is 26.5. The summed E-state index contributed by atoms with van der Waals surface area (Å²) < 4.78 is 0. The number of quaternary nitrogens is 2. The average molecular weight is 353 g/mol. The van der Waals surface area contributed by atoms with Crippen LogP contribution >= 0.6 is 0 Å². The van der Waals surface area contributed by atoms with E-state index in [1.807, 2.05) is 6.07 Å². The van der Waals surface area contributed by atoms with Gasteiger partial charge < -0.3 is 15.1 Å². The summed E-state index contributed by atoms with van der Waals surface area (Å²) in [6.07, 6.45) is 0. The van der Waals surface area contributed by atoms with Crippen molar-refractivity contribution >= 4 is 17.4 Å². The second-order valence-corrected chi connectivity index (χ2v) is 7.02. The Morgan fingerprint density at radius 1 is 0.885 bits per heavy atom. The van der Waals surface area contributed by atoms with Crippen LogP contribution < -0.4 is 15.1 Å². The molecule has 0 radical (unpaired) electrons. The monoisotopic (exact) mass is 353 g/mol. The van der Waals surface area contributed by atoms with Crippen molar-refractivity contribution in [2.45, 2.75) is 13.5 Å². The number of ketones is 1. The molecule has 3 N–H and O–H groups in total. The van der Waals surface area contributed by atoms with E-state index in [1.54, 1.807) is 29.2 Å². The van der Waals surface area contributed by atoms with E-state index in [4.69, 9.17) is 0 Å². The Hall–Kier alpha value is -2.50. The molecule has 26 heavy (non-hydrogen) atoms. The molecule has 2 aromatic rings. The van der Waals surface area contributed by atoms with E-state index in [2.05, 4.69) is 29.6 Å². The molecule has 1 aliphatic rings. The molecule has 0 aliphatic carbocycles. The molecule has 3 rings (SSSR count). The van der Waals surface area contributed by atoms with Gasteiger partial charge in [-0.2, -0.15) is 0 Å². The third-order valence-corrected chi connectivity index (χ3v) is 4.95. The molecular weight excluding hydrogens is 326 g/mol. The van der Waals surface area contributed by atoms with Gasteiger partial charge in [0, 0.05) is 16.8 Å². The molecule has 1 saturated heterocycles. The molecule has 136 valence electrons. The fourth-order valence-electron chi connectivity index (χ4n) is 3.42. The lowest BCUT2D eigenvalue weighted by molar-refractivity contribution is -1.02. The van der Waals surface area contributed by atoms with Crippen LogP contribution in [0.3, 0.4) is 0 Å². The number of hydrogen-bond acceptors (Lipinski definition) is 2. The number of nitrogens with one attached hydrogen (secondary N) is 3. The largest absolute Gasteiger partial charge is 0.322 e. The molecule has 1 heterocycles. The predicted octanol–water partition coefficient (Wildman–Crippen LogP) is -0.189. The molecule has 1 amide bonds. The Balaban J connectivity index is 1.42. The predicted molar refractivity (Wildman–Crippen MR) is 101 cm³/mol. The van der Waals surface area contributed by atoms with E-state index < -0.39 is 0 Å². The van der Waals surface area contributed by atoms with Crippen LogP contribution in [0.25, 0.3) is 0 Å². The first kappa shape index (κ1) is 18.3. The molecule has 1 fully saturated rings. The molecule has 1 aliphatic heterocycles. The highest BCUT2D eigenvalue weighted by molar-refractivity contribution is 5.95. The van der Waals surface area contributed by atoms with Gasteiger partial charge in [-0.15, -0.1) is 0 Å². The maximum absolute atomic E-state index is 12.3. The highest BCUT2D eigenvalue weighted by Crippen LogP contribution is 2.09. The summed E-state index contributed by atoms with van der Waals surface area (Å²) in [5.41, 5.74) is 2.77. The van der Waals surface area contributed by atoms with Crippen LogP contribution in [0.4, 0.5) is 5.69 Å². The summed E-state index contributed by atoms with van der Waals surface area (Å²) in [5, 5.41) is 2.93. The van der Waals surface area contributed by atoms with Gasteiger partial charge in [0.05, 0.1) is 0 Å². The minimum Gasteiger partial charge on any atom is -0.322 e. The van der Waals surface area contributed by atoms with Crippen LogP contribution in [0, 0.1) is 0 Å². The Bertz CT molecular complexity index is 736. The number of carbonyl (C=O) groups is 2. The maximum Gasteiger partial charge on any atom is 0.279 e. The lowest BCUT2D eigenvalue weighted by Gasteiger charge is -2.29. The van der Waals surface area contributed by atoms with E-state index in [0.717, 1.165) is 38.4 Å². The lowest BCUT2D eigenvalue weighted by atomic mass is 10.1. The Morgan fingerprint density at radius 3 is 2.12 bits per heavy atom. The number of carbonyl (C=O) groups excluding carboxylic acids is 2. The van der Waals surface area contributed by atoms with Gasteiger partial charge in [0.2, 0.25) is 0 Å². The van der Waals surface area contributed by atoms with Crippen molar-refractivity contribution in [2.75, 3.05) is 38.0 Å². The first-order valence-electron chi connectivity index (χ1n) is 9.22. The zero-order valence-corrected chi connectivity index (χ0v) is 15.3. The zero-order valence-electron chi connectivity index (χ0n) is 15.3. The summed E-state index contributed by atoms with van der Waals surface area (Å²) >= 11 is 0. The number of benzene rings is 2. The summed E-state index contributed by atoms with van der Waals surface area (Å²) in [6.45, 7) is 7.29. The van der Waals surface area contributed by atoms with E-state index in [0.29, 0.717) is 12.1 Å². The first-order chi connectivity index (χ1) is 12.6. The molecule has 2 aromatic carbocycles. The van der Waals surface area contributed by atoms with Crippen LogP contribution in [0.1, 0.15) is 22.8 Å². The van der Waals surface area contributed by atoms with Crippen molar-refractivity contribution in [1.82, 2.24) is 0 Å². The van der Waals surface area contributed by atoms with Crippen LogP contribution in [-0.2, 0) is 11.3 Å². The topological polar surface area (TPSA) is 55.0 Å². The number of anilines is 1. The molecule has 0 bridgehead atoms. The second kappa shape index (κ2) is 8.74. The fraction of sp³-hybridized carbons (Fsp3) is 0.333. The third kappa shape index (κ3) is 5.25. The summed E-state index contributed by atoms with van der Waals surface area (Å²) in [5.74, 6) is 0.0604. The van der Waals surface area contributed by atoms with Crippen LogP contribution in [0.2, 0.25) is 0 Å². The van der Waals surface area contributed by atoms with Gasteiger partial charge in [-0.05, 0) is 31.2 Å². The van der Waals surface area contributed by atoms with Gasteiger partial charge in [0.1, 0.15) is 32.7 Å². The minimum absolute atomic E-state index is 0.0297. The molecule has 0 aromatic heterocycles. The quantitative estimate of drug-likeness (QED) is 0.631. The minimum atomic E-state index is 0.0297. The van der Waals surface area contributed by atoms with E-state index in [1.165, 1.54) is 17.4 Å². The standard InChI is InChI=1S/C21H25N3O2/c1-17(25)19-7-9-20(10-8-19)22-21(26)16-24-13-11-23(12-14-24)15-18-5-3-2-4-6-18/h2-10H,11-16H2,1H3,(H,22,26)/p+2. The number of amides is 1. The van der Waals surface area contributed by atoms with Gasteiger partial charge >= 0.3 is 0 Å². The van der Waals surface area contributed by atoms with Gasteiger partial charge in [0.15, 0.2) is 12.3 Å². The first-order valence-corrected chi connectivity index (χ1v) is 9.22. The summed E-state index contributed by atoms with van der Waals surface area (Å²) in [7, 11) is 0. The second-order valence-electron chi connectivity index (χ2n) is 7.02. The maximum atomic E-state index is 12.3. The van der Waals surface area contributed by atoms with Gasteiger partial charge in [-0.3, -0.25) is 9.59 Å². The average Bonchev–Trinajstić information content (AvgIpc) is 2.64. The SMILES string of the molecule is CC(=O)c1ccc(NC(=O)C[NH+]2CC[NH+](Cc3ccccc3)CC2)cc1. The molecule has 0 spiro atoms. The molecule has 0 unspecified atom stereocenters. The van der Waals surface area contributed by atoms with Crippen LogP contribution in [0.5, 0.6) is 0 Å². The van der Waals surface area contributed by atoms with Crippen molar-refractivity contribution in [3.63, 3.8) is 0 Å². The summed E-state index contributed by atoms with van der Waals surface area (Å²) in [6, 6.07) is 17.6. The van der Waals surface area contributed by atoms with Crippen molar-refractivity contribution < 1.29 is 19.4 Å². The molecule has 0 atom stereocenters. The van der Waals surface area contributed by atoms with Crippen LogP contribution in [0.15, 0.2) is 54.6 Å².